The molecule has 0 radical (unpaired) electrons. The Kier molecular flexibility index (Phi) is 7.46. The Morgan fingerprint density at radius 3 is 2.27 bits per heavy atom. The monoisotopic (exact) mass is 546 g/mol. The summed E-state index contributed by atoms with van der Waals surface area (Å²) in [5.41, 5.74) is 5.76. The van der Waals surface area contributed by atoms with Crippen LogP contribution in [0.5, 0.6) is 11.5 Å². The Labute approximate surface area is 228 Å². The van der Waals surface area contributed by atoms with Crippen LogP contribution in [0.15, 0.2) is 91.0 Å². The highest BCUT2D eigenvalue weighted by Crippen LogP contribution is 2.30. The quantitative estimate of drug-likeness (QED) is 0.212. The number of aromatic nitrogens is 2. The molecule has 204 valence electrons. The molecule has 9 heteroatoms. The zero-order chi connectivity index (χ0) is 28.3. The van der Waals surface area contributed by atoms with Gasteiger partial charge in [-0.05, 0) is 77.7 Å². The standard InChI is InChI=1S/C31H25F3N2O4/c1-20-10-13-26(16-24(20)17-29(37)38)39-19-23-7-3-2-6-22(23)18-36-28-9-5-4-8-27(28)35-30(36)21-11-14-25(15-12-21)40-31(32,33)34/h2-16H,17-19H2,1H3,(H,37,38). The Morgan fingerprint density at radius 1 is 0.875 bits per heavy atom. The third-order valence-corrected chi connectivity index (χ3v) is 6.50. The minimum atomic E-state index is -4.77. The van der Waals surface area contributed by atoms with Crippen LogP contribution in [-0.2, 0) is 24.4 Å². The zero-order valence-corrected chi connectivity index (χ0v) is 21.5. The highest BCUT2D eigenvalue weighted by molar-refractivity contribution is 5.81. The summed E-state index contributed by atoms with van der Waals surface area (Å²) in [5, 5.41) is 9.19. The number of carboxylic acid groups (broad SMARTS) is 1. The Hall–Kier alpha value is -4.79. The van der Waals surface area contributed by atoms with Crippen LogP contribution in [0.25, 0.3) is 22.4 Å². The number of para-hydroxylation sites is 2. The third-order valence-electron chi connectivity index (χ3n) is 6.50. The van der Waals surface area contributed by atoms with E-state index in [-0.39, 0.29) is 18.8 Å². The molecule has 5 rings (SSSR count). The van der Waals surface area contributed by atoms with Gasteiger partial charge in [0.2, 0.25) is 0 Å². The van der Waals surface area contributed by atoms with Crippen LogP contribution in [0.2, 0.25) is 0 Å². The third kappa shape index (κ3) is 6.26. The SMILES string of the molecule is Cc1ccc(OCc2ccccc2Cn2c(-c3ccc(OC(F)(F)F)cc3)nc3ccccc32)cc1CC(=O)O. The first kappa shape index (κ1) is 26.8. The van der Waals surface area contributed by atoms with Gasteiger partial charge in [0.15, 0.2) is 0 Å². The molecule has 0 aliphatic carbocycles. The lowest BCUT2D eigenvalue weighted by atomic mass is 10.1. The van der Waals surface area contributed by atoms with E-state index in [1.807, 2.05) is 72.2 Å². The molecule has 1 N–H and O–H groups in total. The van der Waals surface area contributed by atoms with Crippen molar-refractivity contribution in [1.82, 2.24) is 9.55 Å². The minimum Gasteiger partial charge on any atom is -0.489 e. The summed E-state index contributed by atoms with van der Waals surface area (Å²) in [6.07, 6.45) is -4.85. The van der Waals surface area contributed by atoms with Gasteiger partial charge in [-0.2, -0.15) is 0 Å². The largest absolute Gasteiger partial charge is 0.573 e. The fourth-order valence-electron chi connectivity index (χ4n) is 4.54. The summed E-state index contributed by atoms with van der Waals surface area (Å²) in [6.45, 7) is 2.56. The Morgan fingerprint density at radius 2 is 1.55 bits per heavy atom. The summed E-state index contributed by atoms with van der Waals surface area (Å²) in [6, 6.07) is 26.5. The van der Waals surface area contributed by atoms with E-state index in [1.54, 1.807) is 18.2 Å². The van der Waals surface area contributed by atoms with Crippen molar-refractivity contribution < 1.29 is 32.5 Å². The smallest absolute Gasteiger partial charge is 0.489 e. The Balaban J connectivity index is 1.44. The summed E-state index contributed by atoms with van der Waals surface area (Å²) >= 11 is 0. The van der Waals surface area contributed by atoms with Gasteiger partial charge < -0.3 is 19.1 Å². The molecule has 0 fully saturated rings. The van der Waals surface area contributed by atoms with Gasteiger partial charge in [-0.15, -0.1) is 13.2 Å². The van der Waals surface area contributed by atoms with E-state index in [1.165, 1.54) is 12.1 Å². The molecule has 0 bridgehead atoms. The van der Waals surface area contributed by atoms with Crippen molar-refractivity contribution in [3.63, 3.8) is 0 Å². The number of fused-ring (bicyclic) bond motifs is 1. The molecule has 5 aromatic rings. The molecule has 1 aromatic heterocycles. The number of rotatable bonds is 9. The van der Waals surface area contributed by atoms with Crippen molar-refractivity contribution in [2.45, 2.75) is 32.9 Å². The van der Waals surface area contributed by atoms with Crippen LogP contribution in [0.4, 0.5) is 13.2 Å². The number of hydrogen-bond donors (Lipinski definition) is 1. The van der Waals surface area contributed by atoms with Crippen LogP contribution in [0, 0.1) is 6.92 Å². The van der Waals surface area contributed by atoms with Gasteiger partial charge in [0.1, 0.15) is 23.9 Å². The first-order chi connectivity index (χ1) is 19.2. The second-order valence-corrected chi connectivity index (χ2v) is 9.30. The van der Waals surface area contributed by atoms with Crippen LogP contribution in [0.1, 0.15) is 22.3 Å². The number of imidazole rings is 1. The molecular weight excluding hydrogens is 521 g/mol. The molecule has 40 heavy (non-hydrogen) atoms. The lowest BCUT2D eigenvalue weighted by Crippen LogP contribution is -2.17. The van der Waals surface area contributed by atoms with Gasteiger partial charge in [0.25, 0.3) is 0 Å². The van der Waals surface area contributed by atoms with Crippen molar-refractivity contribution in [1.29, 1.82) is 0 Å². The molecule has 0 saturated carbocycles. The van der Waals surface area contributed by atoms with E-state index in [0.717, 1.165) is 27.7 Å². The topological polar surface area (TPSA) is 73.6 Å². The highest BCUT2D eigenvalue weighted by Gasteiger charge is 2.31. The number of carbonyl (C=O) groups is 1. The number of halogens is 3. The fourth-order valence-corrected chi connectivity index (χ4v) is 4.54. The van der Waals surface area contributed by atoms with Crippen molar-refractivity contribution in [2.75, 3.05) is 0 Å². The lowest BCUT2D eigenvalue weighted by Gasteiger charge is -2.15. The predicted octanol–water partition coefficient (Wildman–Crippen LogP) is 7.16. The molecule has 0 saturated heterocycles. The Bertz CT molecular complexity index is 1660. The molecular formula is C31H25F3N2O4. The van der Waals surface area contributed by atoms with Gasteiger partial charge in [0, 0.05) is 5.56 Å². The first-order valence-electron chi connectivity index (χ1n) is 12.5. The number of ether oxygens (including phenoxy) is 2. The summed E-state index contributed by atoms with van der Waals surface area (Å²) in [4.78, 5) is 16.0. The molecule has 4 aromatic carbocycles. The number of aliphatic carboxylic acids is 1. The van der Waals surface area contributed by atoms with Crippen LogP contribution in [0.3, 0.4) is 0 Å². The highest BCUT2D eigenvalue weighted by atomic mass is 19.4. The normalized spacial score (nSPS) is 11.5. The van der Waals surface area contributed by atoms with Gasteiger partial charge in [-0.3, -0.25) is 4.79 Å². The van der Waals surface area contributed by atoms with Gasteiger partial charge >= 0.3 is 12.3 Å². The van der Waals surface area contributed by atoms with E-state index in [0.29, 0.717) is 29.2 Å². The van der Waals surface area contributed by atoms with Gasteiger partial charge in [-0.1, -0.05) is 42.5 Å². The first-order valence-corrected chi connectivity index (χ1v) is 12.5. The number of hydrogen-bond acceptors (Lipinski definition) is 4. The average molecular weight is 547 g/mol. The number of carboxylic acids is 1. The van der Waals surface area contributed by atoms with Crippen molar-refractivity contribution in [2.24, 2.45) is 0 Å². The zero-order valence-electron chi connectivity index (χ0n) is 21.5. The molecule has 0 aliphatic heterocycles. The molecule has 0 atom stereocenters. The molecule has 6 nitrogen and oxygen atoms in total. The van der Waals surface area contributed by atoms with E-state index in [9.17, 15) is 23.1 Å². The van der Waals surface area contributed by atoms with Crippen molar-refractivity contribution >= 4 is 17.0 Å². The molecule has 0 aliphatic rings. The molecule has 0 spiro atoms. The summed E-state index contributed by atoms with van der Waals surface area (Å²) in [5.74, 6) is -0.0283. The number of nitrogens with zero attached hydrogens (tertiary/aromatic N) is 2. The van der Waals surface area contributed by atoms with Crippen molar-refractivity contribution in [3.05, 3.63) is 113 Å². The molecule has 1 heterocycles. The second kappa shape index (κ2) is 11.1. The van der Waals surface area contributed by atoms with Gasteiger partial charge in [-0.25, -0.2) is 4.98 Å². The van der Waals surface area contributed by atoms with E-state index >= 15 is 0 Å². The van der Waals surface area contributed by atoms with E-state index < -0.39 is 12.3 Å². The fraction of sp³-hybridized carbons (Fsp3) is 0.161. The molecule has 0 amide bonds. The van der Waals surface area contributed by atoms with Crippen molar-refractivity contribution in [3.8, 4) is 22.9 Å². The summed E-state index contributed by atoms with van der Waals surface area (Å²) in [7, 11) is 0. The van der Waals surface area contributed by atoms with E-state index in [4.69, 9.17) is 9.72 Å². The average Bonchev–Trinajstić information content (AvgIpc) is 3.27. The maximum atomic E-state index is 12.6. The summed E-state index contributed by atoms with van der Waals surface area (Å²) < 4.78 is 50.0. The maximum Gasteiger partial charge on any atom is 0.573 e. The van der Waals surface area contributed by atoms with Crippen LogP contribution < -0.4 is 9.47 Å². The predicted molar refractivity (Wildman–Crippen MR) is 144 cm³/mol. The van der Waals surface area contributed by atoms with E-state index in [2.05, 4.69) is 4.74 Å². The second-order valence-electron chi connectivity index (χ2n) is 9.30. The number of aryl methyl sites for hydroxylation is 1. The van der Waals surface area contributed by atoms with Crippen LogP contribution in [-0.4, -0.2) is 27.0 Å². The number of alkyl halides is 3. The van der Waals surface area contributed by atoms with Gasteiger partial charge in [0.05, 0.1) is 24.0 Å². The maximum absolute atomic E-state index is 12.6. The molecule has 0 unspecified atom stereocenters. The van der Waals surface area contributed by atoms with Crippen LogP contribution >= 0.6 is 0 Å². The lowest BCUT2D eigenvalue weighted by molar-refractivity contribution is -0.274. The number of benzene rings is 4. The minimum absolute atomic E-state index is 0.0839.